The first-order valence-corrected chi connectivity index (χ1v) is 6.21. The molecule has 0 saturated heterocycles. The molecule has 2 heterocycles. The van der Waals surface area contributed by atoms with Crippen molar-refractivity contribution in [1.82, 2.24) is 9.38 Å². The van der Waals surface area contributed by atoms with Gasteiger partial charge in [0.2, 0.25) is 0 Å². The number of fused-ring (bicyclic) bond motifs is 2. The smallest absolute Gasteiger partial charge is 0.141 e. The van der Waals surface area contributed by atoms with Gasteiger partial charge in [0, 0.05) is 22.3 Å². The van der Waals surface area contributed by atoms with Crippen LogP contribution in [-0.4, -0.2) is 9.38 Å². The molecule has 3 nitrogen and oxygen atoms in total. The third-order valence-corrected chi connectivity index (χ3v) is 3.39. The summed E-state index contributed by atoms with van der Waals surface area (Å²) in [5.41, 5.74) is 1.42. The zero-order chi connectivity index (χ0) is 12.9. The number of nitrogens with zero attached hydrogens (tertiary/aromatic N) is 2. The van der Waals surface area contributed by atoms with Gasteiger partial charge in [-0.05, 0) is 18.2 Å². The van der Waals surface area contributed by atoms with Crippen LogP contribution in [0.3, 0.4) is 0 Å². The molecule has 0 fully saturated rings. The second-order valence-electron chi connectivity index (χ2n) is 3.82. The molecule has 0 saturated carbocycles. The molecule has 2 aromatic heterocycles. The van der Waals surface area contributed by atoms with Gasteiger partial charge in [-0.3, -0.25) is 9.81 Å². The minimum absolute atomic E-state index is 0.258. The first-order chi connectivity index (χ1) is 8.56. The first kappa shape index (κ1) is 11.8. The van der Waals surface area contributed by atoms with E-state index in [-0.39, 0.29) is 5.49 Å². The maximum Gasteiger partial charge on any atom is 0.141 e. The van der Waals surface area contributed by atoms with Gasteiger partial charge in [-0.25, -0.2) is 4.98 Å². The number of aromatic nitrogens is 2. The van der Waals surface area contributed by atoms with E-state index in [1.165, 1.54) is 0 Å². The third-order valence-electron chi connectivity index (χ3n) is 2.64. The molecule has 0 amide bonds. The normalized spacial score (nSPS) is 11.3. The minimum atomic E-state index is 0.258. The molecular weight excluding hydrogens is 293 g/mol. The Morgan fingerprint density at radius 2 is 1.83 bits per heavy atom. The van der Waals surface area contributed by atoms with Crippen molar-refractivity contribution in [2.24, 2.45) is 0 Å². The molecule has 18 heavy (non-hydrogen) atoms. The number of hydrogen-bond acceptors (Lipinski definition) is 2. The summed E-state index contributed by atoms with van der Waals surface area (Å²) in [6.07, 6.45) is 1.69. The van der Waals surface area contributed by atoms with E-state index in [0.29, 0.717) is 31.6 Å². The summed E-state index contributed by atoms with van der Waals surface area (Å²) in [4.78, 5) is 4.41. The summed E-state index contributed by atoms with van der Waals surface area (Å²) in [6, 6.07) is 6.67. The fourth-order valence-corrected chi connectivity index (χ4v) is 2.59. The van der Waals surface area contributed by atoms with Crippen LogP contribution in [-0.2, 0) is 0 Å². The second kappa shape index (κ2) is 4.12. The number of halogens is 3. The summed E-state index contributed by atoms with van der Waals surface area (Å²) in [5, 5.41) is 10.2. The van der Waals surface area contributed by atoms with E-state index in [0.717, 1.165) is 0 Å². The number of nitrogens with one attached hydrogen (secondary N) is 1. The number of pyridine rings is 1. The molecule has 0 aliphatic carbocycles. The van der Waals surface area contributed by atoms with Crippen molar-refractivity contribution in [1.29, 1.82) is 5.41 Å². The van der Waals surface area contributed by atoms with Crippen molar-refractivity contribution >= 4 is 51.4 Å². The predicted molar refractivity (Wildman–Crippen MR) is 73.6 cm³/mol. The fraction of sp³-hybridized carbons (Fsp3) is 0. The van der Waals surface area contributed by atoms with Gasteiger partial charge in [0.05, 0.1) is 15.9 Å². The standard InChI is InChI=1S/C12H6Cl3N3/c13-6-1-2-18-10(5-6)17-9-4-7(14)3-8(15)11(9)12(18)16/h1-5,16H. The van der Waals surface area contributed by atoms with Gasteiger partial charge in [-0.2, -0.15) is 0 Å². The van der Waals surface area contributed by atoms with Gasteiger partial charge in [-0.1, -0.05) is 34.8 Å². The summed E-state index contributed by atoms with van der Waals surface area (Å²) >= 11 is 18.0. The second-order valence-corrected chi connectivity index (χ2v) is 5.10. The maximum atomic E-state index is 8.17. The highest BCUT2D eigenvalue weighted by Gasteiger charge is 2.08. The Kier molecular flexibility index (Phi) is 2.70. The van der Waals surface area contributed by atoms with Gasteiger partial charge in [-0.15, -0.1) is 0 Å². The number of rotatable bonds is 0. The average molecular weight is 299 g/mol. The van der Waals surface area contributed by atoms with Crippen LogP contribution in [0.15, 0.2) is 30.5 Å². The minimum Gasteiger partial charge on any atom is -0.286 e. The summed E-state index contributed by atoms with van der Waals surface area (Å²) in [7, 11) is 0. The van der Waals surface area contributed by atoms with E-state index >= 15 is 0 Å². The Balaban J connectivity index is 2.61. The van der Waals surface area contributed by atoms with Crippen LogP contribution in [0.4, 0.5) is 0 Å². The molecule has 1 N–H and O–H groups in total. The van der Waals surface area contributed by atoms with E-state index in [2.05, 4.69) is 4.98 Å². The molecule has 0 bridgehead atoms. The lowest BCUT2D eigenvalue weighted by atomic mass is 10.2. The molecule has 0 radical (unpaired) electrons. The van der Waals surface area contributed by atoms with E-state index < -0.39 is 0 Å². The highest BCUT2D eigenvalue weighted by Crippen LogP contribution is 2.24. The van der Waals surface area contributed by atoms with Gasteiger partial charge in [0.15, 0.2) is 0 Å². The van der Waals surface area contributed by atoms with Crippen molar-refractivity contribution < 1.29 is 0 Å². The van der Waals surface area contributed by atoms with Crippen LogP contribution in [0, 0.1) is 5.41 Å². The summed E-state index contributed by atoms with van der Waals surface area (Å²) in [6.45, 7) is 0. The molecular formula is C12H6Cl3N3. The average Bonchev–Trinajstić information content (AvgIpc) is 2.27. The SMILES string of the molecule is N=c1c2c(Cl)cc(Cl)cc2nc2cc(Cl)ccn12. The van der Waals surface area contributed by atoms with Crippen molar-refractivity contribution in [3.8, 4) is 0 Å². The van der Waals surface area contributed by atoms with Crippen LogP contribution >= 0.6 is 34.8 Å². The molecule has 90 valence electrons. The molecule has 0 spiro atoms. The van der Waals surface area contributed by atoms with Gasteiger partial charge >= 0.3 is 0 Å². The van der Waals surface area contributed by atoms with E-state index in [1.54, 1.807) is 34.9 Å². The first-order valence-electron chi connectivity index (χ1n) is 5.07. The van der Waals surface area contributed by atoms with Gasteiger partial charge < -0.3 is 0 Å². The van der Waals surface area contributed by atoms with Crippen molar-refractivity contribution in [3.63, 3.8) is 0 Å². The predicted octanol–water partition coefficient (Wildman–Crippen LogP) is 3.93. The largest absolute Gasteiger partial charge is 0.286 e. The van der Waals surface area contributed by atoms with Crippen LogP contribution in [0.25, 0.3) is 16.6 Å². The maximum absolute atomic E-state index is 8.17. The van der Waals surface area contributed by atoms with Crippen LogP contribution in [0.2, 0.25) is 15.1 Å². The number of benzene rings is 1. The lowest BCUT2D eigenvalue weighted by Crippen LogP contribution is -2.15. The van der Waals surface area contributed by atoms with Gasteiger partial charge in [0.1, 0.15) is 11.1 Å². The molecule has 6 heteroatoms. The molecule has 0 atom stereocenters. The Morgan fingerprint density at radius 3 is 2.61 bits per heavy atom. The summed E-state index contributed by atoms with van der Waals surface area (Å²) in [5.74, 6) is 0. The third kappa shape index (κ3) is 1.75. The van der Waals surface area contributed by atoms with E-state index in [9.17, 15) is 0 Å². The molecule has 3 aromatic rings. The van der Waals surface area contributed by atoms with E-state index in [1.807, 2.05) is 0 Å². The quantitative estimate of drug-likeness (QED) is 0.628. The monoisotopic (exact) mass is 297 g/mol. The van der Waals surface area contributed by atoms with Crippen molar-refractivity contribution in [2.45, 2.75) is 0 Å². The number of hydrogen-bond donors (Lipinski definition) is 1. The lowest BCUT2D eigenvalue weighted by molar-refractivity contribution is 1.00. The molecule has 0 aliphatic heterocycles. The van der Waals surface area contributed by atoms with Crippen LogP contribution in [0.5, 0.6) is 0 Å². The van der Waals surface area contributed by atoms with Crippen molar-refractivity contribution in [3.05, 3.63) is 51.0 Å². The lowest BCUT2D eigenvalue weighted by Gasteiger charge is -2.06. The molecule has 1 aromatic carbocycles. The Labute approximate surface area is 117 Å². The highest BCUT2D eigenvalue weighted by atomic mass is 35.5. The van der Waals surface area contributed by atoms with E-state index in [4.69, 9.17) is 40.2 Å². The Morgan fingerprint density at radius 1 is 1.06 bits per heavy atom. The zero-order valence-corrected chi connectivity index (χ0v) is 11.2. The zero-order valence-electron chi connectivity index (χ0n) is 8.92. The molecule has 3 rings (SSSR count). The molecule has 0 aliphatic rings. The van der Waals surface area contributed by atoms with Gasteiger partial charge in [0.25, 0.3) is 0 Å². The molecule has 0 unspecified atom stereocenters. The highest BCUT2D eigenvalue weighted by molar-refractivity contribution is 6.38. The topological polar surface area (TPSA) is 41.2 Å². The Hall–Kier alpha value is -1.29. The van der Waals surface area contributed by atoms with Crippen LogP contribution < -0.4 is 5.49 Å². The van der Waals surface area contributed by atoms with Crippen LogP contribution in [0.1, 0.15) is 0 Å². The summed E-state index contributed by atoms with van der Waals surface area (Å²) < 4.78 is 1.62. The fourth-order valence-electron chi connectivity index (χ4n) is 1.86. The van der Waals surface area contributed by atoms with Crippen molar-refractivity contribution in [2.75, 3.05) is 0 Å². The Bertz CT molecular complexity index is 839.